The molecule has 0 aromatic rings. The largest absolute Gasteiger partial charge is 0.127 e. The highest BCUT2D eigenvalue weighted by Gasteiger charge is 2.18. The van der Waals surface area contributed by atoms with E-state index in [-0.39, 0.29) is 0 Å². The third-order valence-corrected chi connectivity index (χ3v) is 8.07. The molecule has 1 unspecified atom stereocenters. The standard InChI is InChI=1S/C30H61B/c1-3-5-7-9-18-22-26-29(25-21-17-8-6-4-2)31-30-27-23-19-15-13-11-10-12-14-16-20-24-28-30/h29-31H,3-28H2,1-2H3. The Morgan fingerprint density at radius 2 is 0.839 bits per heavy atom. The Labute approximate surface area is 199 Å². The summed E-state index contributed by atoms with van der Waals surface area (Å²) >= 11 is 0. The first-order valence-electron chi connectivity index (χ1n) is 15.4. The molecule has 0 bridgehead atoms. The molecule has 0 amide bonds. The minimum Gasteiger partial charge on any atom is -0.0654 e. The van der Waals surface area contributed by atoms with E-state index < -0.39 is 0 Å². The molecule has 0 aromatic carbocycles. The number of rotatable bonds is 15. The molecule has 0 nitrogen and oxygen atoms in total. The topological polar surface area (TPSA) is 0 Å². The van der Waals surface area contributed by atoms with E-state index in [2.05, 4.69) is 13.8 Å². The second-order valence-electron chi connectivity index (χ2n) is 11.2. The van der Waals surface area contributed by atoms with Gasteiger partial charge in [0.2, 0.25) is 0 Å². The van der Waals surface area contributed by atoms with Crippen LogP contribution in [0.2, 0.25) is 11.6 Å². The third kappa shape index (κ3) is 19.3. The average molecular weight is 433 g/mol. The Kier molecular flexibility index (Phi) is 21.8. The van der Waals surface area contributed by atoms with E-state index in [9.17, 15) is 0 Å². The average Bonchev–Trinajstić information content (AvgIpc) is 2.78. The summed E-state index contributed by atoms with van der Waals surface area (Å²) in [4.78, 5) is 0. The lowest BCUT2D eigenvalue weighted by atomic mass is 9.50. The molecular weight excluding hydrogens is 371 g/mol. The van der Waals surface area contributed by atoms with Gasteiger partial charge in [-0.3, -0.25) is 0 Å². The number of hydrogen-bond donors (Lipinski definition) is 0. The maximum atomic E-state index is 2.34. The Bertz CT molecular complexity index is 325. The smallest absolute Gasteiger partial charge is 0.0654 e. The molecule has 0 N–H and O–H groups in total. The fourth-order valence-corrected chi connectivity index (χ4v) is 5.94. The van der Waals surface area contributed by atoms with Gasteiger partial charge < -0.3 is 0 Å². The van der Waals surface area contributed by atoms with Crippen LogP contribution < -0.4 is 0 Å². The molecule has 0 saturated heterocycles. The molecule has 1 atom stereocenters. The van der Waals surface area contributed by atoms with Crippen molar-refractivity contribution < 1.29 is 0 Å². The van der Waals surface area contributed by atoms with Crippen molar-refractivity contribution in [2.75, 3.05) is 0 Å². The second kappa shape index (κ2) is 23.2. The first-order valence-corrected chi connectivity index (χ1v) is 15.4. The molecule has 0 aliphatic heterocycles. The van der Waals surface area contributed by atoms with Crippen LogP contribution in [0.15, 0.2) is 0 Å². The van der Waals surface area contributed by atoms with Crippen molar-refractivity contribution in [1.82, 2.24) is 0 Å². The van der Waals surface area contributed by atoms with Gasteiger partial charge in [-0.05, 0) is 0 Å². The highest BCUT2D eigenvalue weighted by molar-refractivity contribution is 6.39. The van der Waals surface area contributed by atoms with Gasteiger partial charge in [0.05, 0.1) is 0 Å². The van der Waals surface area contributed by atoms with Crippen molar-refractivity contribution in [3.05, 3.63) is 0 Å². The lowest BCUT2D eigenvalue weighted by Crippen LogP contribution is -2.13. The molecule has 1 aliphatic carbocycles. The van der Waals surface area contributed by atoms with E-state index in [0.717, 1.165) is 11.6 Å². The zero-order valence-corrected chi connectivity index (χ0v) is 22.2. The van der Waals surface area contributed by atoms with Crippen LogP contribution in [0.1, 0.15) is 181 Å². The third-order valence-electron chi connectivity index (χ3n) is 8.07. The summed E-state index contributed by atoms with van der Waals surface area (Å²) in [6.45, 7) is 4.68. The van der Waals surface area contributed by atoms with Gasteiger partial charge in [0.1, 0.15) is 7.28 Å². The second-order valence-corrected chi connectivity index (χ2v) is 11.2. The van der Waals surface area contributed by atoms with Crippen LogP contribution in [0.3, 0.4) is 0 Å². The molecule has 0 radical (unpaired) electrons. The van der Waals surface area contributed by atoms with Crippen molar-refractivity contribution in [3.8, 4) is 0 Å². The van der Waals surface area contributed by atoms with Gasteiger partial charge in [-0.15, -0.1) is 0 Å². The fourth-order valence-electron chi connectivity index (χ4n) is 5.94. The van der Waals surface area contributed by atoms with Gasteiger partial charge in [0.15, 0.2) is 0 Å². The molecule has 0 spiro atoms. The van der Waals surface area contributed by atoms with Crippen LogP contribution >= 0.6 is 0 Å². The van der Waals surface area contributed by atoms with Gasteiger partial charge in [-0.25, -0.2) is 0 Å². The molecule has 0 heterocycles. The van der Waals surface area contributed by atoms with Gasteiger partial charge in [0, 0.05) is 0 Å². The van der Waals surface area contributed by atoms with Crippen molar-refractivity contribution in [1.29, 1.82) is 0 Å². The predicted octanol–water partition coefficient (Wildman–Crippen LogP) is 11.2. The summed E-state index contributed by atoms with van der Waals surface area (Å²) in [7, 11) is 1.57. The number of unbranched alkanes of at least 4 members (excludes halogenated alkanes) is 9. The van der Waals surface area contributed by atoms with Crippen LogP contribution in [-0.4, -0.2) is 7.28 Å². The van der Waals surface area contributed by atoms with E-state index in [4.69, 9.17) is 0 Å². The van der Waals surface area contributed by atoms with Gasteiger partial charge >= 0.3 is 0 Å². The Morgan fingerprint density at radius 1 is 0.484 bits per heavy atom. The monoisotopic (exact) mass is 432 g/mol. The highest BCUT2D eigenvalue weighted by atomic mass is 14.1. The molecule has 1 aliphatic rings. The molecule has 1 heteroatoms. The van der Waals surface area contributed by atoms with Crippen molar-refractivity contribution in [2.45, 2.75) is 192 Å². The lowest BCUT2D eigenvalue weighted by molar-refractivity contribution is 0.494. The summed E-state index contributed by atoms with van der Waals surface area (Å²) < 4.78 is 0. The fraction of sp³-hybridized carbons (Fsp3) is 1.00. The van der Waals surface area contributed by atoms with Crippen LogP contribution in [0, 0.1) is 0 Å². The molecule has 31 heavy (non-hydrogen) atoms. The van der Waals surface area contributed by atoms with E-state index in [1.807, 2.05) is 0 Å². The molecule has 1 rings (SSSR count). The van der Waals surface area contributed by atoms with Gasteiger partial charge in [0.25, 0.3) is 0 Å². The van der Waals surface area contributed by atoms with Crippen LogP contribution in [0.4, 0.5) is 0 Å². The van der Waals surface area contributed by atoms with Crippen LogP contribution in [0.5, 0.6) is 0 Å². The van der Waals surface area contributed by atoms with Gasteiger partial charge in [-0.1, -0.05) is 192 Å². The lowest BCUT2D eigenvalue weighted by Gasteiger charge is -2.23. The molecular formula is C30H61B. The normalized spacial score (nSPS) is 19.0. The zero-order chi connectivity index (χ0) is 22.2. The highest BCUT2D eigenvalue weighted by Crippen LogP contribution is 2.32. The van der Waals surface area contributed by atoms with Crippen molar-refractivity contribution >= 4 is 7.28 Å². The Morgan fingerprint density at radius 3 is 1.26 bits per heavy atom. The van der Waals surface area contributed by atoms with Crippen LogP contribution in [0.25, 0.3) is 0 Å². The maximum absolute atomic E-state index is 2.34. The summed E-state index contributed by atoms with van der Waals surface area (Å²) in [5.74, 6) is 2.08. The zero-order valence-electron chi connectivity index (χ0n) is 22.2. The van der Waals surface area contributed by atoms with Crippen LogP contribution in [-0.2, 0) is 0 Å². The summed E-state index contributed by atoms with van der Waals surface area (Å²) in [6.07, 6.45) is 38.8. The van der Waals surface area contributed by atoms with E-state index >= 15 is 0 Å². The minimum absolute atomic E-state index is 1.04. The summed E-state index contributed by atoms with van der Waals surface area (Å²) in [5, 5.41) is 0. The molecule has 1 saturated carbocycles. The van der Waals surface area contributed by atoms with E-state index in [0.29, 0.717) is 0 Å². The Balaban J connectivity index is 2.43. The number of hydrogen-bond acceptors (Lipinski definition) is 0. The predicted molar refractivity (Wildman–Crippen MR) is 146 cm³/mol. The molecule has 1 fully saturated rings. The first kappa shape index (κ1) is 29.1. The van der Waals surface area contributed by atoms with E-state index in [1.165, 1.54) is 154 Å². The first-order chi connectivity index (χ1) is 15.4. The molecule has 184 valence electrons. The summed E-state index contributed by atoms with van der Waals surface area (Å²) in [5.41, 5.74) is 0. The van der Waals surface area contributed by atoms with Gasteiger partial charge in [-0.2, -0.15) is 0 Å². The minimum atomic E-state index is 1.04. The van der Waals surface area contributed by atoms with E-state index in [1.54, 1.807) is 20.1 Å². The summed E-state index contributed by atoms with van der Waals surface area (Å²) in [6, 6.07) is 0. The van der Waals surface area contributed by atoms with Crippen molar-refractivity contribution in [3.63, 3.8) is 0 Å². The Hall–Kier alpha value is 0.0649. The quantitative estimate of drug-likeness (QED) is 0.178. The SMILES string of the molecule is CCCCCCCCC(BC1CCCCCCCCCCCCC1)CCCCCCC. The maximum Gasteiger partial charge on any atom is 0.127 e. The van der Waals surface area contributed by atoms with Crippen molar-refractivity contribution in [2.24, 2.45) is 0 Å². The molecule has 0 aromatic heterocycles.